The Labute approximate surface area is 139 Å². The van der Waals surface area contributed by atoms with E-state index in [4.69, 9.17) is 5.73 Å². The molecule has 2 N–H and O–H groups in total. The number of nitrogens with two attached hydrogens (primary N) is 1. The molecule has 4 nitrogen and oxygen atoms in total. The second kappa shape index (κ2) is 8.73. The van der Waals surface area contributed by atoms with Crippen LogP contribution < -0.4 is 5.73 Å². The van der Waals surface area contributed by atoms with Crippen molar-refractivity contribution in [3.8, 4) is 0 Å². The van der Waals surface area contributed by atoms with Gasteiger partial charge in [0.1, 0.15) is 5.69 Å². The third kappa shape index (κ3) is 4.29. The summed E-state index contributed by atoms with van der Waals surface area (Å²) in [5, 5.41) is 4.43. The number of alkyl halides is 2. The van der Waals surface area contributed by atoms with Crippen LogP contribution in [0.1, 0.15) is 57.5 Å². The number of nitrogens with zero attached hydrogens (tertiary/aromatic N) is 3. The highest BCUT2D eigenvalue weighted by Gasteiger charge is 2.42. The Balaban J connectivity index is 0.000000615. The Bertz CT molecular complexity index is 485. The van der Waals surface area contributed by atoms with E-state index in [9.17, 15) is 8.78 Å². The fourth-order valence-electron chi connectivity index (χ4n) is 3.14. The van der Waals surface area contributed by atoms with Gasteiger partial charge in [-0.2, -0.15) is 13.9 Å². The monoisotopic (exact) mass is 330 g/mol. The number of rotatable bonds is 1. The topological polar surface area (TPSA) is 47.1 Å². The predicted molar refractivity (Wildman–Crippen MR) is 90.6 cm³/mol. The number of halogens is 2. The third-order valence-electron chi connectivity index (χ3n) is 4.27. The maximum absolute atomic E-state index is 14.4. The van der Waals surface area contributed by atoms with E-state index in [0.717, 1.165) is 24.2 Å². The maximum atomic E-state index is 14.4. The minimum Gasteiger partial charge on any atom is -0.330 e. The highest BCUT2D eigenvalue weighted by Crippen LogP contribution is 2.41. The molecule has 6 heteroatoms. The fourth-order valence-corrected chi connectivity index (χ4v) is 3.14. The first-order valence-electron chi connectivity index (χ1n) is 8.86. The second-order valence-electron chi connectivity index (χ2n) is 5.79. The molecule has 2 aliphatic rings. The van der Waals surface area contributed by atoms with Gasteiger partial charge in [-0.25, -0.2) is 0 Å². The molecule has 0 aromatic carbocycles. The Hall–Kier alpha value is -1.01. The Morgan fingerprint density at radius 3 is 2.52 bits per heavy atom. The molecule has 0 aliphatic carbocycles. The van der Waals surface area contributed by atoms with Crippen LogP contribution in [0.4, 0.5) is 8.78 Å². The first-order chi connectivity index (χ1) is 11.0. The Morgan fingerprint density at radius 2 is 1.91 bits per heavy atom. The summed E-state index contributed by atoms with van der Waals surface area (Å²) in [5.41, 5.74) is 7.41. The lowest BCUT2D eigenvalue weighted by atomic mass is 9.98. The minimum atomic E-state index is -2.78. The molecule has 0 spiro atoms. The van der Waals surface area contributed by atoms with Crippen molar-refractivity contribution in [1.29, 1.82) is 0 Å². The molecule has 1 atom stereocenters. The van der Waals surface area contributed by atoms with Gasteiger partial charge in [0, 0.05) is 38.0 Å². The van der Waals surface area contributed by atoms with Gasteiger partial charge in [0.05, 0.1) is 5.69 Å². The molecule has 1 aromatic heterocycles. The molecule has 0 amide bonds. The van der Waals surface area contributed by atoms with Crippen LogP contribution in [0.5, 0.6) is 0 Å². The zero-order valence-corrected chi connectivity index (χ0v) is 15.2. The van der Waals surface area contributed by atoms with Gasteiger partial charge in [-0.3, -0.25) is 4.68 Å². The van der Waals surface area contributed by atoms with E-state index in [1.54, 1.807) is 0 Å². The van der Waals surface area contributed by atoms with Crippen LogP contribution in [0.25, 0.3) is 0 Å². The number of hydrogen-bond acceptors (Lipinski definition) is 3. The van der Waals surface area contributed by atoms with Crippen LogP contribution in [-0.2, 0) is 25.4 Å². The third-order valence-corrected chi connectivity index (χ3v) is 4.27. The smallest absolute Gasteiger partial charge is 0.289 e. The van der Waals surface area contributed by atoms with E-state index in [1.807, 2.05) is 34.7 Å². The van der Waals surface area contributed by atoms with Gasteiger partial charge in [0.2, 0.25) is 0 Å². The number of aromatic nitrogens is 2. The van der Waals surface area contributed by atoms with Gasteiger partial charge < -0.3 is 10.6 Å². The molecular weight excluding hydrogens is 298 g/mol. The summed E-state index contributed by atoms with van der Waals surface area (Å²) < 4.78 is 30.3. The molecule has 0 saturated carbocycles. The van der Waals surface area contributed by atoms with Crippen molar-refractivity contribution in [3.63, 3.8) is 0 Å². The molecule has 0 saturated heterocycles. The van der Waals surface area contributed by atoms with E-state index in [1.165, 1.54) is 4.68 Å². The van der Waals surface area contributed by atoms with Crippen molar-refractivity contribution in [3.05, 3.63) is 17.0 Å². The van der Waals surface area contributed by atoms with Crippen LogP contribution in [0.15, 0.2) is 0 Å². The molecule has 3 heterocycles. The molecule has 0 bridgehead atoms. The van der Waals surface area contributed by atoms with E-state index in [-0.39, 0.29) is 18.0 Å². The van der Waals surface area contributed by atoms with E-state index < -0.39 is 5.92 Å². The standard InChI is InChI=1S/C13H20F2N4.2C2H6/c1-18-5-3-11-10(8-18)12-13(14,15)4-2-9(6-16)7-19(12)17-11;2*1-2/h9H,2-8,16H2,1H3;2*1-2H3. The molecule has 134 valence electrons. The SMILES string of the molecule is CC.CC.CN1CCc2nn3c(c2C1)C(F)(F)CCC(CN)C3. The first-order valence-corrected chi connectivity index (χ1v) is 8.86. The minimum absolute atomic E-state index is 0.103. The van der Waals surface area contributed by atoms with E-state index >= 15 is 0 Å². The summed E-state index contributed by atoms with van der Waals surface area (Å²) in [6.45, 7) is 10.4. The lowest BCUT2D eigenvalue weighted by Gasteiger charge is -2.24. The van der Waals surface area contributed by atoms with Crippen LogP contribution in [-0.4, -0.2) is 34.8 Å². The second-order valence-corrected chi connectivity index (χ2v) is 5.79. The summed E-state index contributed by atoms with van der Waals surface area (Å²) in [4.78, 5) is 2.08. The van der Waals surface area contributed by atoms with Crippen molar-refractivity contribution in [2.75, 3.05) is 20.1 Å². The van der Waals surface area contributed by atoms with Crippen LogP contribution in [0.3, 0.4) is 0 Å². The van der Waals surface area contributed by atoms with Gasteiger partial charge in [0.15, 0.2) is 0 Å². The van der Waals surface area contributed by atoms with Crippen molar-refractivity contribution >= 4 is 0 Å². The number of likely N-dealkylation sites (N-methyl/N-ethyl adjacent to an activating group) is 1. The summed E-state index contributed by atoms with van der Waals surface area (Å²) >= 11 is 0. The van der Waals surface area contributed by atoms with E-state index in [2.05, 4.69) is 10.00 Å². The normalized spacial score (nSPS) is 22.5. The lowest BCUT2D eigenvalue weighted by Crippen LogP contribution is -2.28. The van der Waals surface area contributed by atoms with Crippen molar-refractivity contribution in [2.45, 2.75) is 66.0 Å². The Kier molecular flexibility index (Phi) is 7.61. The number of hydrogen-bond donors (Lipinski definition) is 1. The molecular formula is C17H32F2N4. The van der Waals surface area contributed by atoms with Crippen molar-refractivity contribution < 1.29 is 8.78 Å². The van der Waals surface area contributed by atoms with Crippen molar-refractivity contribution in [1.82, 2.24) is 14.7 Å². The average Bonchev–Trinajstić information content (AvgIpc) is 2.86. The first kappa shape index (κ1) is 20.0. The Morgan fingerprint density at radius 1 is 1.26 bits per heavy atom. The summed E-state index contributed by atoms with van der Waals surface area (Å²) in [6, 6.07) is 0. The highest BCUT2D eigenvalue weighted by atomic mass is 19.3. The predicted octanol–water partition coefficient (Wildman–Crippen LogP) is 3.38. The zero-order valence-electron chi connectivity index (χ0n) is 15.2. The molecule has 3 rings (SSSR count). The maximum Gasteiger partial charge on any atom is 0.289 e. The molecule has 0 radical (unpaired) electrons. The van der Waals surface area contributed by atoms with Crippen molar-refractivity contribution in [2.24, 2.45) is 11.7 Å². The molecule has 23 heavy (non-hydrogen) atoms. The lowest BCUT2D eigenvalue weighted by molar-refractivity contribution is -0.0217. The van der Waals surface area contributed by atoms with Gasteiger partial charge >= 0.3 is 0 Å². The summed E-state index contributed by atoms with van der Waals surface area (Å²) in [6.07, 6.45) is 1.11. The largest absolute Gasteiger partial charge is 0.330 e. The summed E-state index contributed by atoms with van der Waals surface area (Å²) in [5.74, 6) is -2.67. The van der Waals surface area contributed by atoms with Crippen LogP contribution >= 0.6 is 0 Å². The van der Waals surface area contributed by atoms with Gasteiger partial charge in [-0.1, -0.05) is 27.7 Å². The quantitative estimate of drug-likeness (QED) is 0.858. The highest BCUT2D eigenvalue weighted by molar-refractivity contribution is 5.32. The van der Waals surface area contributed by atoms with Gasteiger partial charge in [0.25, 0.3) is 5.92 Å². The molecule has 0 fully saturated rings. The fraction of sp³-hybridized carbons (Fsp3) is 0.824. The molecule has 1 unspecified atom stereocenters. The van der Waals surface area contributed by atoms with Gasteiger partial charge in [-0.05, 0) is 25.9 Å². The number of fused-ring (bicyclic) bond motifs is 3. The van der Waals surface area contributed by atoms with Gasteiger partial charge in [-0.15, -0.1) is 0 Å². The summed E-state index contributed by atoms with van der Waals surface area (Å²) in [7, 11) is 1.96. The average molecular weight is 330 g/mol. The zero-order chi connectivity index (χ0) is 17.6. The van der Waals surface area contributed by atoms with Crippen LogP contribution in [0.2, 0.25) is 0 Å². The molecule has 2 aliphatic heterocycles. The van der Waals surface area contributed by atoms with Crippen LogP contribution in [0, 0.1) is 5.92 Å². The molecule has 1 aromatic rings. The van der Waals surface area contributed by atoms with E-state index in [0.29, 0.717) is 26.1 Å².